The first-order valence-electron chi connectivity index (χ1n) is 5.15. The molecule has 0 unspecified atom stereocenters. The summed E-state index contributed by atoms with van der Waals surface area (Å²) in [6.45, 7) is 1.53. The van der Waals surface area contributed by atoms with Crippen LogP contribution in [0.5, 0.6) is 0 Å². The van der Waals surface area contributed by atoms with Crippen molar-refractivity contribution in [2.24, 2.45) is 0 Å². The van der Waals surface area contributed by atoms with Gasteiger partial charge in [-0.3, -0.25) is 4.79 Å². The molecule has 0 amide bonds. The number of benzene rings is 2. The first-order chi connectivity index (χ1) is 7.70. The lowest BCUT2D eigenvalue weighted by Crippen LogP contribution is -2.01. The van der Waals surface area contributed by atoms with Crippen LogP contribution in [-0.4, -0.2) is 5.78 Å². The number of carbonyl (C=O) groups is 1. The van der Waals surface area contributed by atoms with Crippen LogP contribution in [0.25, 0.3) is 11.1 Å². The van der Waals surface area contributed by atoms with Crippen LogP contribution in [0.1, 0.15) is 17.3 Å². The maximum absolute atomic E-state index is 11.4. The summed E-state index contributed by atoms with van der Waals surface area (Å²) < 4.78 is 0. The fourth-order valence-corrected chi connectivity index (χ4v) is 1.74. The predicted octanol–water partition coefficient (Wildman–Crippen LogP) is 3.14. The van der Waals surface area contributed by atoms with Gasteiger partial charge in [0.05, 0.1) is 5.69 Å². The number of nitrogen functional groups attached to an aromatic ring is 1. The van der Waals surface area contributed by atoms with Crippen LogP contribution in [0.4, 0.5) is 5.69 Å². The van der Waals surface area contributed by atoms with Gasteiger partial charge in [-0.15, -0.1) is 0 Å². The zero-order chi connectivity index (χ0) is 11.5. The molecule has 0 radical (unpaired) electrons. The Bertz CT molecular complexity index is 518. The van der Waals surface area contributed by atoms with E-state index in [1.54, 1.807) is 6.07 Å². The molecule has 0 aromatic heterocycles. The van der Waals surface area contributed by atoms with E-state index in [0.29, 0.717) is 11.3 Å². The Labute approximate surface area is 94.7 Å². The highest BCUT2D eigenvalue weighted by Gasteiger charge is 2.09. The zero-order valence-corrected chi connectivity index (χ0v) is 9.10. The van der Waals surface area contributed by atoms with Crippen LogP contribution in [-0.2, 0) is 0 Å². The first kappa shape index (κ1) is 10.4. The quantitative estimate of drug-likeness (QED) is 0.612. The van der Waals surface area contributed by atoms with Gasteiger partial charge in [0.2, 0.25) is 0 Å². The Morgan fingerprint density at radius 2 is 1.69 bits per heavy atom. The molecule has 2 aromatic carbocycles. The van der Waals surface area contributed by atoms with Gasteiger partial charge in [-0.2, -0.15) is 0 Å². The van der Waals surface area contributed by atoms with Gasteiger partial charge >= 0.3 is 0 Å². The van der Waals surface area contributed by atoms with Gasteiger partial charge in [0, 0.05) is 11.1 Å². The van der Waals surface area contributed by atoms with E-state index in [1.165, 1.54) is 6.92 Å². The van der Waals surface area contributed by atoms with Crippen molar-refractivity contribution in [3.63, 3.8) is 0 Å². The number of hydrogen-bond donors (Lipinski definition) is 1. The summed E-state index contributed by atoms with van der Waals surface area (Å²) in [5, 5.41) is 0. The van der Waals surface area contributed by atoms with E-state index in [1.807, 2.05) is 42.5 Å². The van der Waals surface area contributed by atoms with Crippen LogP contribution < -0.4 is 5.73 Å². The minimum atomic E-state index is -0.00437. The van der Waals surface area contributed by atoms with Gasteiger partial charge in [0.1, 0.15) is 0 Å². The summed E-state index contributed by atoms with van der Waals surface area (Å²) in [6.07, 6.45) is 0. The molecule has 0 aliphatic heterocycles. The number of hydrogen-bond acceptors (Lipinski definition) is 2. The SMILES string of the molecule is CC(=O)c1cccc(-c2ccccc2)c1N. The molecule has 0 saturated carbocycles. The van der Waals surface area contributed by atoms with Crippen molar-refractivity contribution in [2.75, 3.05) is 5.73 Å². The molecule has 0 bridgehead atoms. The van der Waals surface area contributed by atoms with Gasteiger partial charge in [0.25, 0.3) is 0 Å². The molecular formula is C14H13NO. The second-order valence-corrected chi connectivity index (χ2v) is 3.69. The maximum atomic E-state index is 11.4. The fourth-order valence-electron chi connectivity index (χ4n) is 1.74. The molecule has 2 rings (SSSR count). The van der Waals surface area contributed by atoms with Crippen molar-refractivity contribution in [1.82, 2.24) is 0 Å². The minimum Gasteiger partial charge on any atom is -0.398 e. The standard InChI is InChI=1S/C14H13NO/c1-10(16)12-8-5-9-13(14(12)15)11-6-3-2-4-7-11/h2-9H,15H2,1H3. The number of carbonyl (C=O) groups excluding carboxylic acids is 1. The summed E-state index contributed by atoms with van der Waals surface area (Å²) in [6, 6.07) is 15.4. The Hall–Kier alpha value is -2.09. The molecule has 0 fully saturated rings. The maximum Gasteiger partial charge on any atom is 0.161 e. The number of Topliss-reactive ketones (excluding diaryl/α,β-unsaturated/α-hetero) is 1. The lowest BCUT2D eigenvalue weighted by molar-refractivity contribution is 0.101. The third kappa shape index (κ3) is 1.82. The van der Waals surface area contributed by atoms with Gasteiger partial charge in [-0.25, -0.2) is 0 Å². The van der Waals surface area contributed by atoms with Gasteiger partial charge < -0.3 is 5.73 Å². The van der Waals surface area contributed by atoms with E-state index in [2.05, 4.69) is 0 Å². The summed E-state index contributed by atoms with van der Waals surface area (Å²) in [5.41, 5.74) is 9.08. The molecule has 80 valence electrons. The van der Waals surface area contributed by atoms with E-state index in [9.17, 15) is 4.79 Å². The smallest absolute Gasteiger partial charge is 0.161 e. The molecule has 2 heteroatoms. The lowest BCUT2D eigenvalue weighted by Gasteiger charge is -2.08. The van der Waals surface area contributed by atoms with Crippen LogP contribution in [0.3, 0.4) is 0 Å². The van der Waals surface area contributed by atoms with Crippen LogP contribution in [0.2, 0.25) is 0 Å². The highest BCUT2D eigenvalue weighted by Crippen LogP contribution is 2.28. The van der Waals surface area contributed by atoms with Crippen molar-refractivity contribution >= 4 is 11.5 Å². The number of ketones is 1. The zero-order valence-electron chi connectivity index (χ0n) is 9.10. The average Bonchev–Trinajstić information content (AvgIpc) is 2.30. The molecule has 0 aliphatic rings. The van der Waals surface area contributed by atoms with Crippen LogP contribution in [0, 0.1) is 0 Å². The highest BCUT2D eigenvalue weighted by atomic mass is 16.1. The predicted molar refractivity (Wildman–Crippen MR) is 66.3 cm³/mol. The number of anilines is 1. The lowest BCUT2D eigenvalue weighted by atomic mass is 9.99. The largest absolute Gasteiger partial charge is 0.398 e. The van der Waals surface area contributed by atoms with E-state index in [-0.39, 0.29) is 5.78 Å². The van der Waals surface area contributed by atoms with Gasteiger partial charge in [0.15, 0.2) is 5.78 Å². The summed E-state index contributed by atoms with van der Waals surface area (Å²) in [7, 11) is 0. The van der Waals surface area contributed by atoms with Gasteiger partial charge in [-0.05, 0) is 18.6 Å². The second kappa shape index (κ2) is 4.19. The molecule has 2 nitrogen and oxygen atoms in total. The third-order valence-corrected chi connectivity index (χ3v) is 2.57. The Balaban J connectivity index is 2.59. The third-order valence-electron chi connectivity index (χ3n) is 2.57. The van der Waals surface area contributed by atoms with E-state index in [4.69, 9.17) is 5.73 Å². The van der Waals surface area contributed by atoms with Crippen molar-refractivity contribution in [2.45, 2.75) is 6.92 Å². The van der Waals surface area contributed by atoms with Crippen LogP contribution in [0.15, 0.2) is 48.5 Å². The number of para-hydroxylation sites is 1. The molecule has 0 atom stereocenters. The summed E-state index contributed by atoms with van der Waals surface area (Å²) in [4.78, 5) is 11.4. The molecule has 0 aliphatic carbocycles. The van der Waals surface area contributed by atoms with Crippen molar-refractivity contribution in [3.05, 3.63) is 54.1 Å². The molecular weight excluding hydrogens is 198 g/mol. The van der Waals surface area contributed by atoms with Crippen molar-refractivity contribution < 1.29 is 4.79 Å². The summed E-state index contributed by atoms with van der Waals surface area (Å²) in [5.74, 6) is -0.00437. The van der Waals surface area contributed by atoms with Gasteiger partial charge in [-0.1, -0.05) is 42.5 Å². The minimum absolute atomic E-state index is 0.00437. The average molecular weight is 211 g/mol. The Morgan fingerprint density at radius 3 is 2.31 bits per heavy atom. The monoisotopic (exact) mass is 211 g/mol. The number of rotatable bonds is 2. The van der Waals surface area contributed by atoms with Crippen molar-refractivity contribution in [1.29, 1.82) is 0 Å². The molecule has 2 aromatic rings. The molecule has 16 heavy (non-hydrogen) atoms. The highest BCUT2D eigenvalue weighted by molar-refractivity contribution is 6.02. The van der Waals surface area contributed by atoms with E-state index in [0.717, 1.165) is 11.1 Å². The molecule has 0 heterocycles. The Morgan fingerprint density at radius 1 is 1.00 bits per heavy atom. The van der Waals surface area contributed by atoms with Crippen LogP contribution >= 0.6 is 0 Å². The second-order valence-electron chi connectivity index (χ2n) is 3.69. The Kier molecular flexibility index (Phi) is 2.73. The summed E-state index contributed by atoms with van der Waals surface area (Å²) >= 11 is 0. The first-order valence-corrected chi connectivity index (χ1v) is 5.15. The number of nitrogens with two attached hydrogens (primary N) is 1. The van der Waals surface area contributed by atoms with E-state index < -0.39 is 0 Å². The molecule has 2 N–H and O–H groups in total. The topological polar surface area (TPSA) is 43.1 Å². The molecule has 0 spiro atoms. The van der Waals surface area contributed by atoms with Crippen molar-refractivity contribution in [3.8, 4) is 11.1 Å². The normalized spacial score (nSPS) is 10.1. The van der Waals surface area contributed by atoms with E-state index >= 15 is 0 Å². The molecule has 0 saturated heterocycles. The fraction of sp³-hybridized carbons (Fsp3) is 0.0714.